The van der Waals surface area contributed by atoms with Crippen molar-refractivity contribution in [3.63, 3.8) is 0 Å². The van der Waals surface area contributed by atoms with E-state index in [1.165, 1.54) is 11.1 Å². The maximum Gasteiger partial charge on any atom is 0.151 e. The molecule has 0 aliphatic carbocycles. The van der Waals surface area contributed by atoms with E-state index in [-0.39, 0.29) is 0 Å². The minimum Gasteiger partial charge on any atom is -0.399 e. The van der Waals surface area contributed by atoms with E-state index in [0.717, 1.165) is 26.0 Å². The second-order valence-electron chi connectivity index (χ2n) is 5.39. The van der Waals surface area contributed by atoms with Gasteiger partial charge in [0, 0.05) is 11.4 Å². The average molecular weight is 314 g/mol. The molecule has 0 aliphatic rings. The highest BCUT2D eigenvalue weighted by atomic mass is 32.2. The number of anilines is 1. The maximum absolute atomic E-state index is 5.81. The summed E-state index contributed by atoms with van der Waals surface area (Å²) in [5.41, 5.74) is 10.4. The van der Waals surface area contributed by atoms with Crippen molar-refractivity contribution in [3.8, 4) is 0 Å². The van der Waals surface area contributed by atoms with Gasteiger partial charge in [0.15, 0.2) is 4.34 Å². The lowest BCUT2D eigenvalue weighted by molar-refractivity contribution is 0.866. The van der Waals surface area contributed by atoms with Gasteiger partial charge in [0.25, 0.3) is 0 Å². The molecule has 2 N–H and O–H groups in total. The molecule has 0 saturated carbocycles. The smallest absolute Gasteiger partial charge is 0.151 e. The molecule has 2 nitrogen and oxygen atoms in total. The molecule has 3 aromatic rings. The number of hydrogen-bond donors (Lipinski definition) is 1. The normalized spacial score (nSPS) is 11.4. The van der Waals surface area contributed by atoms with Crippen molar-refractivity contribution < 1.29 is 0 Å². The molecule has 0 amide bonds. The van der Waals surface area contributed by atoms with Crippen molar-refractivity contribution >= 4 is 39.0 Å². The molecule has 0 spiro atoms. The van der Waals surface area contributed by atoms with Gasteiger partial charge in [0.1, 0.15) is 0 Å². The fraction of sp³-hybridized carbons (Fsp3) is 0.235. The molecule has 108 valence electrons. The maximum atomic E-state index is 5.81. The number of fused-ring (bicyclic) bond motifs is 1. The topological polar surface area (TPSA) is 38.9 Å². The molecule has 1 aromatic heterocycles. The van der Waals surface area contributed by atoms with Crippen molar-refractivity contribution in [1.29, 1.82) is 0 Å². The molecule has 4 heteroatoms. The Morgan fingerprint density at radius 3 is 2.62 bits per heavy atom. The van der Waals surface area contributed by atoms with Gasteiger partial charge in [-0.15, -0.1) is 11.3 Å². The van der Waals surface area contributed by atoms with Crippen molar-refractivity contribution in [2.24, 2.45) is 0 Å². The van der Waals surface area contributed by atoms with Crippen LogP contribution in [0.1, 0.15) is 30.9 Å². The lowest BCUT2D eigenvalue weighted by Gasteiger charge is -2.06. The summed E-state index contributed by atoms with van der Waals surface area (Å²) in [4.78, 5) is 4.64. The summed E-state index contributed by atoms with van der Waals surface area (Å²) in [5, 5.41) is 0. The third kappa shape index (κ3) is 3.39. The number of aromatic nitrogens is 1. The van der Waals surface area contributed by atoms with Crippen LogP contribution in [-0.4, -0.2) is 4.98 Å². The Morgan fingerprint density at radius 2 is 1.90 bits per heavy atom. The number of thioether (sulfide) groups is 1. The molecular formula is C17H18N2S2. The Morgan fingerprint density at radius 1 is 1.14 bits per heavy atom. The summed E-state index contributed by atoms with van der Waals surface area (Å²) in [6.45, 7) is 4.44. The standard InChI is InChI=1S/C17H18N2S2/c1-11(2)13-5-3-12(4-6-13)10-20-17-19-15-8-7-14(18)9-16(15)21-17/h3-9,11H,10,18H2,1-2H3. The molecule has 0 unspecified atom stereocenters. The zero-order chi connectivity index (χ0) is 14.8. The lowest BCUT2D eigenvalue weighted by Crippen LogP contribution is -1.87. The van der Waals surface area contributed by atoms with E-state index < -0.39 is 0 Å². The summed E-state index contributed by atoms with van der Waals surface area (Å²) >= 11 is 3.50. The Bertz CT molecular complexity index is 745. The van der Waals surface area contributed by atoms with E-state index in [4.69, 9.17) is 5.73 Å². The van der Waals surface area contributed by atoms with Crippen molar-refractivity contribution in [2.75, 3.05) is 5.73 Å². The molecule has 0 fully saturated rings. The van der Waals surface area contributed by atoms with Crippen LogP contribution in [0.15, 0.2) is 46.8 Å². The van der Waals surface area contributed by atoms with Crippen LogP contribution in [-0.2, 0) is 5.75 Å². The van der Waals surface area contributed by atoms with Crippen molar-refractivity contribution in [2.45, 2.75) is 29.9 Å². The van der Waals surface area contributed by atoms with Crippen LogP contribution in [0.3, 0.4) is 0 Å². The van der Waals surface area contributed by atoms with Crippen LogP contribution < -0.4 is 5.73 Å². The average Bonchev–Trinajstić information content (AvgIpc) is 2.87. The van der Waals surface area contributed by atoms with Crippen molar-refractivity contribution in [3.05, 3.63) is 53.6 Å². The zero-order valence-electron chi connectivity index (χ0n) is 12.2. The van der Waals surface area contributed by atoms with Gasteiger partial charge in [-0.3, -0.25) is 0 Å². The molecule has 0 atom stereocenters. The van der Waals surface area contributed by atoms with Crippen LogP contribution in [0.25, 0.3) is 10.2 Å². The molecule has 1 heterocycles. The monoisotopic (exact) mass is 314 g/mol. The van der Waals surface area contributed by atoms with E-state index in [1.54, 1.807) is 23.1 Å². The Balaban J connectivity index is 1.71. The molecule has 0 bridgehead atoms. The first kappa shape index (κ1) is 14.4. The van der Waals surface area contributed by atoms with Crippen LogP contribution in [0.5, 0.6) is 0 Å². The summed E-state index contributed by atoms with van der Waals surface area (Å²) in [6.07, 6.45) is 0. The first-order valence-corrected chi connectivity index (χ1v) is 8.80. The second kappa shape index (κ2) is 6.08. The van der Waals surface area contributed by atoms with Crippen LogP contribution in [0, 0.1) is 0 Å². The molecule has 0 radical (unpaired) electrons. The van der Waals surface area contributed by atoms with Gasteiger partial charge in [-0.05, 0) is 35.2 Å². The highest BCUT2D eigenvalue weighted by Crippen LogP contribution is 2.32. The van der Waals surface area contributed by atoms with Gasteiger partial charge in [-0.1, -0.05) is 49.9 Å². The number of nitrogens with two attached hydrogens (primary N) is 1. The van der Waals surface area contributed by atoms with Gasteiger partial charge in [0.05, 0.1) is 10.2 Å². The van der Waals surface area contributed by atoms with E-state index in [2.05, 4.69) is 43.1 Å². The highest BCUT2D eigenvalue weighted by Gasteiger charge is 2.05. The van der Waals surface area contributed by atoms with E-state index in [0.29, 0.717) is 5.92 Å². The molecule has 0 aliphatic heterocycles. The summed E-state index contributed by atoms with van der Waals surface area (Å²) < 4.78 is 2.26. The second-order valence-corrected chi connectivity index (χ2v) is 7.65. The number of thiazole rings is 1. The summed E-state index contributed by atoms with van der Waals surface area (Å²) in [7, 11) is 0. The number of hydrogen-bond acceptors (Lipinski definition) is 4. The fourth-order valence-electron chi connectivity index (χ4n) is 2.13. The largest absolute Gasteiger partial charge is 0.399 e. The zero-order valence-corrected chi connectivity index (χ0v) is 13.8. The van der Waals surface area contributed by atoms with Gasteiger partial charge >= 0.3 is 0 Å². The highest BCUT2D eigenvalue weighted by molar-refractivity contribution is 8.00. The predicted octanol–water partition coefficient (Wildman–Crippen LogP) is 5.29. The summed E-state index contributed by atoms with van der Waals surface area (Å²) in [6, 6.07) is 14.8. The minimum absolute atomic E-state index is 0.585. The summed E-state index contributed by atoms with van der Waals surface area (Å²) in [5.74, 6) is 1.54. The predicted molar refractivity (Wildman–Crippen MR) is 94.1 cm³/mol. The van der Waals surface area contributed by atoms with Gasteiger partial charge in [0.2, 0.25) is 0 Å². The molecule has 2 aromatic carbocycles. The first-order chi connectivity index (χ1) is 10.1. The molecule has 21 heavy (non-hydrogen) atoms. The van der Waals surface area contributed by atoms with Crippen LogP contribution >= 0.6 is 23.1 Å². The van der Waals surface area contributed by atoms with E-state index in [9.17, 15) is 0 Å². The Labute approximate surface area is 133 Å². The molecule has 0 saturated heterocycles. The van der Waals surface area contributed by atoms with E-state index >= 15 is 0 Å². The quantitative estimate of drug-likeness (QED) is 0.525. The number of benzene rings is 2. The van der Waals surface area contributed by atoms with Gasteiger partial charge < -0.3 is 5.73 Å². The van der Waals surface area contributed by atoms with Crippen LogP contribution in [0.2, 0.25) is 0 Å². The third-order valence-corrected chi connectivity index (χ3v) is 5.63. The first-order valence-electron chi connectivity index (χ1n) is 6.99. The van der Waals surface area contributed by atoms with Gasteiger partial charge in [-0.2, -0.15) is 0 Å². The minimum atomic E-state index is 0.585. The number of nitrogens with zero attached hydrogens (tertiary/aromatic N) is 1. The number of nitrogen functional groups attached to an aromatic ring is 1. The number of rotatable bonds is 4. The lowest BCUT2D eigenvalue weighted by atomic mass is 10.0. The Hall–Kier alpha value is -1.52. The van der Waals surface area contributed by atoms with E-state index in [1.807, 2.05) is 18.2 Å². The van der Waals surface area contributed by atoms with Crippen molar-refractivity contribution in [1.82, 2.24) is 4.98 Å². The van der Waals surface area contributed by atoms with Gasteiger partial charge in [-0.25, -0.2) is 4.98 Å². The molecule has 3 rings (SSSR count). The SMILES string of the molecule is CC(C)c1ccc(CSc2nc3ccc(N)cc3s2)cc1. The molecular weight excluding hydrogens is 296 g/mol. The fourth-order valence-corrected chi connectivity index (χ4v) is 4.20. The third-order valence-electron chi connectivity index (χ3n) is 3.40. The Kier molecular flexibility index (Phi) is 4.17. The van der Waals surface area contributed by atoms with Crippen LogP contribution in [0.4, 0.5) is 5.69 Å².